The van der Waals surface area contributed by atoms with Crippen LogP contribution in [0.25, 0.3) is 36.3 Å². The van der Waals surface area contributed by atoms with Gasteiger partial charge in [0.15, 0.2) is 0 Å². The molecule has 1 aromatic carbocycles. The van der Waals surface area contributed by atoms with Gasteiger partial charge >= 0.3 is 0 Å². The number of allylic oxidation sites excluding steroid dienone is 1. The van der Waals surface area contributed by atoms with Crippen LogP contribution < -0.4 is 5.73 Å². The van der Waals surface area contributed by atoms with Crippen molar-refractivity contribution in [2.24, 2.45) is 5.73 Å². The number of nitrogens with two attached hydrogens (primary N) is 1. The first-order valence-electron chi connectivity index (χ1n) is 9.17. The smallest absolute Gasteiger partial charge is 0.207 e. The Hall–Kier alpha value is -2.57. The molecule has 0 saturated carbocycles. The summed E-state index contributed by atoms with van der Waals surface area (Å²) in [5.41, 5.74) is 7.45. The second-order valence-corrected chi connectivity index (χ2v) is 8.98. The average molecular weight is 410 g/mol. The molecule has 0 saturated heterocycles. The maximum Gasteiger partial charge on any atom is 0.207 e. The normalized spacial score (nSPS) is 12.1. The van der Waals surface area contributed by atoms with Crippen molar-refractivity contribution in [2.45, 2.75) is 26.2 Å². The highest BCUT2D eigenvalue weighted by atomic mass is 32.1. The second-order valence-electron chi connectivity index (χ2n) is 6.73. The van der Waals surface area contributed by atoms with Crippen molar-refractivity contribution < 1.29 is 4.39 Å². The summed E-state index contributed by atoms with van der Waals surface area (Å²) in [5, 5.41) is 9.46. The van der Waals surface area contributed by atoms with Gasteiger partial charge in [0.2, 0.25) is 5.97 Å². The van der Waals surface area contributed by atoms with Crippen LogP contribution in [0.3, 0.4) is 0 Å². The third-order valence-electron chi connectivity index (χ3n) is 4.61. The standard InChI is InChI=1S/C22H20FN3S2/c1-2-3-4-16-7-14-9-21-15(11-20(14)27-16)10-19(28-21)13-5-6-26-18(8-13)17(24)12-22(23)25/h5-12,25H,2-4,24H2,1H3/b17-12-,25-22?. The van der Waals surface area contributed by atoms with Crippen LogP contribution in [0.5, 0.6) is 0 Å². The number of fused-ring (bicyclic) bond motifs is 2. The third kappa shape index (κ3) is 3.84. The van der Waals surface area contributed by atoms with E-state index in [4.69, 9.17) is 11.1 Å². The predicted octanol–water partition coefficient (Wildman–Crippen LogP) is 6.77. The molecule has 0 spiro atoms. The number of aromatic nitrogens is 1. The van der Waals surface area contributed by atoms with Crippen molar-refractivity contribution in [1.82, 2.24) is 4.98 Å². The molecule has 0 aliphatic carbocycles. The number of nitrogens with zero attached hydrogens (tertiary/aromatic N) is 1. The molecule has 0 aliphatic heterocycles. The van der Waals surface area contributed by atoms with Crippen molar-refractivity contribution >= 4 is 54.5 Å². The monoisotopic (exact) mass is 409 g/mol. The van der Waals surface area contributed by atoms with E-state index in [1.807, 2.05) is 23.5 Å². The van der Waals surface area contributed by atoms with Crippen LogP contribution in [0.4, 0.5) is 4.39 Å². The summed E-state index contributed by atoms with van der Waals surface area (Å²) in [6.45, 7) is 2.22. The maximum atomic E-state index is 12.8. The van der Waals surface area contributed by atoms with Crippen LogP contribution >= 0.6 is 22.7 Å². The Labute approximate surface area is 170 Å². The Morgan fingerprint density at radius 3 is 2.64 bits per heavy atom. The van der Waals surface area contributed by atoms with Gasteiger partial charge in [-0.1, -0.05) is 13.3 Å². The Morgan fingerprint density at radius 2 is 1.89 bits per heavy atom. The quantitative estimate of drug-likeness (QED) is 0.345. The highest BCUT2D eigenvalue weighted by Crippen LogP contribution is 2.38. The van der Waals surface area contributed by atoms with Gasteiger partial charge in [0.05, 0.1) is 11.4 Å². The molecule has 0 atom stereocenters. The lowest BCUT2D eigenvalue weighted by Gasteiger charge is -2.02. The summed E-state index contributed by atoms with van der Waals surface area (Å²) in [5.74, 6) is -1.08. The van der Waals surface area contributed by atoms with Crippen molar-refractivity contribution in [3.8, 4) is 10.4 Å². The van der Waals surface area contributed by atoms with Gasteiger partial charge in [-0.05, 0) is 65.6 Å². The zero-order valence-electron chi connectivity index (χ0n) is 15.5. The molecule has 6 heteroatoms. The molecular weight excluding hydrogens is 389 g/mol. The molecular formula is C22H20FN3S2. The van der Waals surface area contributed by atoms with Gasteiger partial charge < -0.3 is 5.73 Å². The number of unbranched alkanes of at least 4 members (excludes halogenated alkanes) is 1. The SMILES string of the molecule is CCCCc1cc2cc3sc(-c4ccnc(/C(N)=C/C(=N)F)c4)cc3cc2s1. The Morgan fingerprint density at radius 1 is 1.14 bits per heavy atom. The van der Waals surface area contributed by atoms with Crippen molar-refractivity contribution in [3.63, 3.8) is 0 Å². The van der Waals surface area contributed by atoms with Gasteiger partial charge in [-0.15, -0.1) is 22.7 Å². The number of pyridine rings is 1. The van der Waals surface area contributed by atoms with Crippen LogP contribution in [0.15, 0.2) is 48.7 Å². The van der Waals surface area contributed by atoms with Gasteiger partial charge in [-0.2, -0.15) is 4.39 Å². The van der Waals surface area contributed by atoms with Gasteiger partial charge in [0.1, 0.15) is 0 Å². The fourth-order valence-electron chi connectivity index (χ4n) is 3.20. The van der Waals surface area contributed by atoms with E-state index >= 15 is 0 Å². The molecule has 142 valence electrons. The molecule has 4 aromatic rings. The first-order chi connectivity index (χ1) is 13.5. The average Bonchev–Trinajstić information content (AvgIpc) is 3.26. The van der Waals surface area contributed by atoms with E-state index in [1.165, 1.54) is 37.9 Å². The molecule has 3 N–H and O–H groups in total. The van der Waals surface area contributed by atoms with E-state index in [2.05, 4.69) is 36.2 Å². The van der Waals surface area contributed by atoms with Crippen LogP contribution in [0.2, 0.25) is 0 Å². The van der Waals surface area contributed by atoms with E-state index in [1.54, 1.807) is 17.5 Å². The molecule has 0 unspecified atom stereocenters. The molecule has 4 rings (SSSR count). The molecule has 3 aromatic heterocycles. The lowest BCUT2D eigenvalue weighted by Crippen LogP contribution is -2.00. The molecule has 0 bridgehead atoms. The third-order valence-corrected chi connectivity index (χ3v) is 6.91. The summed E-state index contributed by atoms with van der Waals surface area (Å²) >= 11 is 3.61. The topological polar surface area (TPSA) is 62.8 Å². The van der Waals surface area contributed by atoms with Crippen LogP contribution in [0, 0.1) is 5.41 Å². The van der Waals surface area contributed by atoms with E-state index in [-0.39, 0.29) is 5.70 Å². The molecule has 0 fully saturated rings. The first-order valence-corrected chi connectivity index (χ1v) is 10.8. The van der Waals surface area contributed by atoms with Gasteiger partial charge in [-0.25, -0.2) is 0 Å². The summed E-state index contributed by atoms with van der Waals surface area (Å²) in [6.07, 6.45) is 6.24. The van der Waals surface area contributed by atoms with Crippen LogP contribution in [-0.2, 0) is 6.42 Å². The van der Waals surface area contributed by atoms with E-state index in [9.17, 15) is 4.39 Å². The van der Waals surface area contributed by atoms with Gasteiger partial charge in [0.25, 0.3) is 0 Å². The summed E-state index contributed by atoms with van der Waals surface area (Å²) < 4.78 is 15.4. The molecule has 0 amide bonds. The first kappa shape index (κ1) is 18.8. The number of nitrogens with one attached hydrogen (secondary N) is 1. The fraction of sp³-hybridized carbons (Fsp3) is 0.182. The molecule has 3 heterocycles. The van der Waals surface area contributed by atoms with Crippen LogP contribution in [0.1, 0.15) is 30.3 Å². The van der Waals surface area contributed by atoms with Crippen LogP contribution in [-0.4, -0.2) is 10.9 Å². The molecule has 0 radical (unpaired) electrons. The predicted molar refractivity (Wildman–Crippen MR) is 120 cm³/mol. The Balaban J connectivity index is 1.71. The number of thiophene rings is 2. The molecule has 0 aliphatic rings. The van der Waals surface area contributed by atoms with Gasteiger partial charge in [0, 0.05) is 31.4 Å². The van der Waals surface area contributed by atoms with Gasteiger partial charge in [-0.3, -0.25) is 10.4 Å². The number of aryl methyl sites for hydroxylation is 1. The second kappa shape index (κ2) is 7.81. The van der Waals surface area contributed by atoms with Crippen molar-refractivity contribution in [1.29, 1.82) is 5.41 Å². The summed E-state index contributed by atoms with van der Waals surface area (Å²) in [6, 6.07) is 12.8. The zero-order valence-corrected chi connectivity index (χ0v) is 17.1. The highest BCUT2D eigenvalue weighted by Gasteiger charge is 2.10. The minimum atomic E-state index is -1.08. The number of benzene rings is 1. The van der Waals surface area contributed by atoms with E-state index < -0.39 is 5.97 Å². The molecule has 3 nitrogen and oxygen atoms in total. The molecule has 28 heavy (non-hydrogen) atoms. The largest absolute Gasteiger partial charge is 0.397 e. The summed E-state index contributed by atoms with van der Waals surface area (Å²) in [4.78, 5) is 6.76. The number of rotatable bonds is 6. The minimum Gasteiger partial charge on any atom is -0.397 e. The Kier molecular flexibility index (Phi) is 5.24. The number of hydrogen-bond donors (Lipinski definition) is 2. The maximum absolute atomic E-state index is 12.8. The van der Waals surface area contributed by atoms with E-state index in [0.717, 1.165) is 22.9 Å². The van der Waals surface area contributed by atoms with E-state index in [0.29, 0.717) is 5.69 Å². The Bertz CT molecular complexity index is 1150. The highest BCUT2D eigenvalue weighted by molar-refractivity contribution is 7.23. The lowest BCUT2D eigenvalue weighted by molar-refractivity contribution is 0.804. The van der Waals surface area contributed by atoms with Crippen molar-refractivity contribution in [3.05, 3.63) is 59.2 Å². The lowest BCUT2D eigenvalue weighted by atomic mass is 10.1. The number of halogens is 1. The summed E-state index contributed by atoms with van der Waals surface area (Å²) in [7, 11) is 0. The fourth-order valence-corrected chi connectivity index (χ4v) is 5.42. The zero-order chi connectivity index (χ0) is 19.7. The van der Waals surface area contributed by atoms with Crippen molar-refractivity contribution in [2.75, 3.05) is 0 Å². The minimum absolute atomic E-state index is 0.149. The number of hydrogen-bond acceptors (Lipinski definition) is 5.